The number of nitrogens with one attached hydrogen (secondary N) is 3. The molecule has 0 heterocycles. The van der Waals surface area contributed by atoms with Crippen molar-refractivity contribution in [1.29, 1.82) is 0 Å². The zero-order valence-corrected chi connectivity index (χ0v) is 14.3. The molecule has 0 radical (unpaired) electrons. The van der Waals surface area contributed by atoms with Crippen molar-refractivity contribution in [2.75, 3.05) is 22.5 Å². The Morgan fingerprint density at radius 1 is 1.00 bits per heavy atom. The second kappa shape index (κ2) is 8.09. The second-order valence-corrected chi connectivity index (χ2v) is 5.76. The van der Waals surface area contributed by atoms with Gasteiger partial charge in [-0.25, -0.2) is 0 Å². The number of hydrogen-bond donors (Lipinski definition) is 3. The van der Waals surface area contributed by atoms with Crippen LogP contribution in [0, 0.1) is 0 Å². The van der Waals surface area contributed by atoms with Gasteiger partial charge in [0.15, 0.2) is 0 Å². The standard InChI is InChI=1S/C17H15ClF3N3O2/c1-10(25)23-12-3-5-13(6-4-12)24-16(26)9-22-15-8-11(17(19,20)21)2-7-14(15)18/h2-8,22H,9H2,1H3,(H,23,25)(H,24,26). The van der Waals surface area contributed by atoms with Crippen LogP contribution in [-0.2, 0) is 15.8 Å². The highest BCUT2D eigenvalue weighted by Crippen LogP contribution is 2.33. The fourth-order valence-corrected chi connectivity index (χ4v) is 2.24. The largest absolute Gasteiger partial charge is 0.416 e. The molecule has 0 atom stereocenters. The van der Waals surface area contributed by atoms with Gasteiger partial charge >= 0.3 is 6.18 Å². The van der Waals surface area contributed by atoms with Crippen LogP contribution in [0.1, 0.15) is 12.5 Å². The van der Waals surface area contributed by atoms with Gasteiger partial charge in [-0.2, -0.15) is 13.2 Å². The van der Waals surface area contributed by atoms with Gasteiger partial charge in [0.05, 0.1) is 22.8 Å². The summed E-state index contributed by atoms with van der Waals surface area (Å²) < 4.78 is 38.2. The number of benzene rings is 2. The van der Waals surface area contributed by atoms with Gasteiger partial charge in [0.25, 0.3) is 0 Å². The van der Waals surface area contributed by atoms with Crippen LogP contribution in [0.15, 0.2) is 42.5 Å². The first-order chi connectivity index (χ1) is 12.1. The minimum absolute atomic E-state index is 0.0117. The molecule has 0 saturated heterocycles. The summed E-state index contributed by atoms with van der Waals surface area (Å²) in [5, 5.41) is 7.82. The second-order valence-electron chi connectivity index (χ2n) is 5.35. The third kappa shape index (κ3) is 5.66. The van der Waals surface area contributed by atoms with Crippen LogP contribution < -0.4 is 16.0 Å². The Labute approximate surface area is 152 Å². The minimum atomic E-state index is -4.50. The van der Waals surface area contributed by atoms with Crippen LogP contribution in [0.5, 0.6) is 0 Å². The Morgan fingerprint density at radius 2 is 1.58 bits per heavy atom. The molecule has 0 spiro atoms. The zero-order valence-electron chi connectivity index (χ0n) is 13.6. The highest BCUT2D eigenvalue weighted by atomic mass is 35.5. The van der Waals surface area contributed by atoms with E-state index in [2.05, 4.69) is 16.0 Å². The molecule has 0 aliphatic carbocycles. The van der Waals surface area contributed by atoms with E-state index in [1.165, 1.54) is 6.92 Å². The van der Waals surface area contributed by atoms with Crippen LogP contribution in [0.4, 0.5) is 30.2 Å². The SMILES string of the molecule is CC(=O)Nc1ccc(NC(=O)CNc2cc(C(F)(F)F)ccc2Cl)cc1. The summed E-state index contributed by atoms with van der Waals surface area (Å²) in [4.78, 5) is 22.9. The van der Waals surface area contributed by atoms with E-state index in [1.54, 1.807) is 24.3 Å². The minimum Gasteiger partial charge on any atom is -0.375 e. The molecule has 0 fully saturated rings. The van der Waals surface area contributed by atoms with Gasteiger partial charge in [-0.3, -0.25) is 9.59 Å². The Bertz CT molecular complexity index is 808. The third-order valence-corrected chi connectivity index (χ3v) is 3.55. The Morgan fingerprint density at radius 3 is 2.12 bits per heavy atom. The molecule has 5 nitrogen and oxygen atoms in total. The van der Waals surface area contributed by atoms with Crippen LogP contribution in [0.3, 0.4) is 0 Å². The zero-order chi connectivity index (χ0) is 19.3. The Hall–Kier alpha value is -2.74. The number of amides is 2. The fraction of sp³-hybridized carbons (Fsp3) is 0.176. The number of hydrogen-bond acceptors (Lipinski definition) is 3. The van der Waals surface area contributed by atoms with Gasteiger partial charge in [0.2, 0.25) is 11.8 Å². The predicted molar refractivity (Wildman–Crippen MR) is 94.3 cm³/mol. The molecule has 2 rings (SSSR count). The van der Waals surface area contributed by atoms with Crippen LogP contribution in [-0.4, -0.2) is 18.4 Å². The molecule has 3 N–H and O–H groups in total. The topological polar surface area (TPSA) is 70.2 Å². The van der Waals surface area contributed by atoms with E-state index in [4.69, 9.17) is 11.6 Å². The first kappa shape index (κ1) is 19.6. The summed E-state index contributed by atoms with van der Waals surface area (Å²) in [5.41, 5.74) is 0.196. The summed E-state index contributed by atoms with van der Waals surface area (Å²) in [5.74, 6) is -0.685. The lowest BCUT2D eigenvalue weighted by Crippen LogP contribution is -2.22. The fourth-order valence-electron chi connectivity index (χ4n) is 2.06. The first-order valence-corrected chi connectivity index (χ1v) is 7.81. The lowest BCUT2D eigenvalue weighted by Gasteiger charge is -2.12. The number of carbonyl (C=O) groups is 2. The first-order valence-electron chi connectivity index (χ1n) is 7.43. The van der Waals surface area contributed by atoms with E-state index in [-0.39, 0.29) is 23.2 Å². The highest BCUT2D eigenvalue weighted by molar-refractivity contribution is 6.33. The smallest absolute Gasteiger partial charge is 0.375 e. The monoisotopic (exact) mass is 385 g/mol. The molecule has 0 aromatic heterocycles. The third-order valence-electron chi connectivity index (χ3n) is 3.22. The number of carbonyl (C=O) groups excluding carboxylic acids is 2. The molecule has 0 aliphatic rings. The molecule has 26 heavy (non-hydrogen) atoms. The molecule has 0 unspecified atom stereocenters. The molecule has 0 saturated carbocycles. The summed E-state index contributed by atoms with van der Waals surface area (Å²) in [6.07, 6.45) is -4.50. The summed E-state index contributed by atoms with van der Waals surface area (Å²) in [6, 6.07) is 9.20. The van der Waals surface area contributed by atoms with Gasteiger partial charge in [0.1, 0.15) is 0 Å². The number of rotatable bonds is 5. The molecule has 2 aromatic rings. The molecular weight excluding hydrogens is 371 g/mol. The average molecular weight is 386 g/mol. The van der Waals surface area contributed by atoms with Crippen molar-refractivity contribution in [2.45, 2.75) is 13.1 Å². The molecule has 2 amide bonds. The van der Waals surface area contributed by atoms with Gasteiger partial charge < -0.3 is 16.0 Å². The molecule has 0 aliphatic heterocycles. The van der Waals surface area contributed by atoms with Crippen molar-refractivity contribution in [2.24, 2.45) is 0 Å². The normalized spacial score (nSPS) is 11.0. The van der Waals surface area contributed by atoms with E-state index in [1.807, 2.05) is 0 Å². The van der Waals surface area contributed by atoms with Crippen molar-refractivity contribution in [1.82, 2.24) is 0 Å². The van der Waals surface area contributed by atoms with E-state index in [0.29, 0.717) is 11.4 Å². The lowest BCUT2D eigenvalue weighted by molar-refractivity contribution is -0.137. The van der Waals surface area contributed by atoms with Gasteiger partial charge in [-0.15, -0.1) is 0 Å². The van der Waals surface area contributed by atoms with E-state index in [0.717, 1.165) is 18.2 Å². The summed E-state index contributed by atoms with van der Waals surface area (Å²) in [6.45, 7) is 1.11. The summed E-state index contributed by atoms with van der Waals surface area (Å²) in [7, 11) is 0. The molecule has 9 heteroatoms. The van der Waals surface area contributed by atoms with Crippen LogP contribution >= 0.6 is 11.6 Å². The van der Waals surface area contributed by atoms with E-state index < -0.39 is 17.6 Å². The van der Waals surface area contributed by atoms with Crippen molar-refractivity contribution in [3.05, 3.63) is 53.1 Å². The van der Waals surface area contributed by atoms with Crippen LogP contribution in [0.25, 0.3) is 0 Å². The average Bonchev–Trinajstić information content (AvgIpc) is 2.54. The maximum atomic E-state index is 12.7. The maximum absolute atomic E-state index is 12.7. The van der Waals surface area contributed by atoms with Crippen molar-refractivity contribution in [3.8, 4) is 0 Å². The predicted octanol–water partition coefficient (Wildman–Crippen LogP) is 4.37. The molecule has 2 aromatic carbocycles. The Kier molecular flexibility index (Phi) is 6.10. The highest BCUT2D eigenvalue weighted by Gasteiger charge is 2.30. The van der Waals surface area contributed by atoms with Gasteiger partial charge in [-0.05, 0) is 42.5 Å². The van der Waals surface area contributed by atoms with Crippen molar-refractivity contribution >= 4 is 40.5 Å². The van der Waals surface area contributed by atoms with Gasteiger partial charge in [-0.1, -0.05) is 11.6 Å². The summed E-state index contributed by atoms with van der Waals surface area (Å²) >= 11 is 5.85. The lowest BCUT2D eigenvalue weighted by atomic mass is 10.2. The number of anilines is 3. The van der Waals surface area contributed by atoms with Crippen molar-refractivity contribution in [3.63, 3.8) is 0 Å². The molecule has 138 valence electrons. The van der Waals surface area contributed by atoms with Crippen molar-refractivity contribution < 1.29 is 22.8 Å². The van der Waals surface area contributed by atoms with Gasteiger partial charge in [0, 0.05) is 18.3 Å². The quantitative estimate of drug-likeness (QED) is 0.716. The molecular formula is C17H15ClF3N3O2. The van der Waals surface area contributed by atoms with E-state index in [9.17, 15) is 22.8 Å². The Balaban J connectivity index is 1.95. The van der Waals surface area contributed by atoms with Crippen LogP contribution in [0.2, 0.25) is 5.02 Å². The van der Waals surface area contributed by atoms with E-state index >= 15 is 0 Å². The maximum Gasteiger partial charge on any atom is 0.416 e. The molecule has 0 bridgehead atoms. The number of alkyl halides is 3. The number of halogens is 4.